The van der Waals surface area contributed by atoms with Gasteiger partial charge in [0.25, 0.3) is 0 Å². The Hall–Kier alpha value is -2.45. The van der Waals surface area contributed by atoms with Crippen LogP contribution in [0.25, 0.3) is 0 Å². The van der Waals surface area contributed by atoms with E-state index in [0.29, 0.717) is 12.2 Å². The van der Waals surface area contributed by atoms with E-state index >= 15 is 0 Å². The van der Waals surface area contributed by atoms with E-state index < -0.39 is 48.4 Å². The van der Waals surface area contributed by atoms with Crippen LogP contribution < -0.4 is 0 Å². The smallest absolute Gasteiger partial charge is 0.309 e. The van der Waals surface area contributed by atoms with Crippen molar-refractivity contribution in [3.63, 3.8) is 0 Å². The van der Waals surface area contributed by atoms with E-state index in [1.807, 2.05) is 6.07 Å². The maximum atomic E-state index is 12.6. The molecular weight excluding hydrogens is 380 g/mol. The van der Waals surface area contributed by atoms with E-state index in [-0.39, 0.29) is 13.0 Å². The molecule has 1 saturated heterocycles. The van der Waals surface area contributed by atoms with Gasteiger partial charge < -0.3 is 23.7 Å². The van der Waals surface area contributed by atoms with Gasteiger partial charge in [-0.2, -0.15) is 0 Å². The molecule has 29 heavy (non-hydrogen) atoms. The van der Waals surface area contributed by atoms with Crippen molar-refractivity contribution in [2.24, 2.45) is 0 Å². The van der Waals surface area contributed by atoms with E-state index in [9.17, 15) is 14.4 Å². The van der Waals surface area contributed by atoms with Crippen LogP contribution in [0.1, 0.15) is 45.8 Å². The average molecular weight is 408 g/mol. The molecule has 8 nitrogen and oxygen atoms in total. The van der Waals surface area contributed by atoms with E-state index in [2.05, 4.69) is 0 Å². The minimum absolute atomic E-state index is 0.0909. The van der Waals surface area contributed by atoms with E-state index in [1.165, 1.54) is 13.8 Å². The zero-order chi connectivity index (χ0) is 21.4. The highest BCUT2D eigenvalue weighted by atomic mass is 16.6. The number of benzene rings is 1. The molecule has 1 fully saturated rings. The van der Waals surface area contributed by atoms with Gasteiger partial charge in [0.2, 0.25) is 0 Å². The lowest BCUT2D eigenvalue weighted by Gasteiger charge is -2.40. The van der Waals surface area contributed by atoms with Crippen molar-refractivity contribution in [3.05, 3.63) is 35.9 Å². The van der Waals surface area contributed by atoms with Crippen LogP contribution in [-0.4, -0.2) is 55.5 Å². The first-order valence-corrected chi connectivity index (χ1v) is 9.69. The third-order valence-electron chi connectivity index (χ3n) is 4.41. The van der Waals surface area contributed by atoms with Crippen molar-refractivity contribution in [2.45, 2.75) is 64.6 Å². The van der Waals surface area contributed by atoms with Gasteiger partial charge in [0, 0.05) is 27.1 Å². The Morgan fingerprint density at radius 2 is 1.52 bits per heavy atom. The summed E-state index contributed by atoms with van der Waals surface area (Å²) >= 11 is 0. The van der Waals surface area contributed by atoms with Gasteiger partial charge in [-0.25, -0.2) is 0 Å². The Balaban J connectivity index is 2.57. The lowest BCUT2D eigenvalue weighted by atomic mass is 9.91. The molecule has 1 aliphatic rings. The molecule has 0 aromatic heterocycles. The number of hydrogen-bond donors (Lipinski definition) is 0. The summed E-state index contributed by atoms with van der Waals surface area (Å²) in [7, 11) is 0. The number of rotatable bonds is 7. The molecule has 1 aromatic rings. The Morgan fingerprint density at radius 1 is 0.931 bits per heavy atom. The fourth-order valence-electron chi connectivity index (χ4n) is 3.42. The van der Waals surface area contributed by atoms with Crippen molar-refractivity contribution in [3.8, 4) is 0 Å². The topological polar surface area (TPSA) is 97.4 Å². The predicted octanol–water partition coefficient (Wildman–Crippen LogP) is 2.35. The third kappa shape index (κ3) is 6.27. The van der Waals surface area contributed by atoms with Crippen molar-refractivity contribution < 1.29 is 38.1 Å². The summed E-state index contributed by atoms with van der Waals surface area (Å²) < 4.78 is 28.3. The highest BCUT2D eigenvalue weighted by Crippen LogP contribution is 2.34. The summed E-state index contributed by atoms with van der Waals surface area (Å²) in [5.41, 5.74) is 0.606. The zero-order valence-electron chi connectivity index (χ0n) is 17.2. The molecular formula is C21H28O8. The minimum atomic E-state index is -1.11. The minimum Gasteiger partial charge on any atom is -0.456 e. The fourth-order valence-corrected chi connectivity index (χ4v) is 3.42. The second-order valence-electron chi connectivity index (χ2n) is 6.59. The van der Waals surface area contributed by atoms with E-state index in [4.69, 9.17) is 23.7 Å². The Kier molecular flexibility index (Phi) is 8.60. The molecule has 0 bridgehead atoms. The third-order valence-corrected chi connectivity index (χ3v) is 4.41. The van der Waals surface area contributed by atoms with Gasteiger partial charge in [-0.3, -0.25) is 14.4 Å². The summed E-state index contributed by atoms with van der Waals surface area (Å²) in [5, 5.41) is 0. The average Bonchev–Trinajstić information content (AvgIpc) is 2.66. The molecule has 1 aromatic carbocycles. The molecule has 1 heterocycles. The molecule has 2 rings (SSSR count). The monoisotopic (exact) mass is 408 g/mol. The molecule has 160 valence electrons. The van der Waals surface area contributed by atoms with Gasteiger partial charge >= 0.3 is 17.9 Å². The van der Waals surface area contributed by atoms with Crippen LogP contribution in [-0.2, 0) is 38.1 Å². The lowest BCUT2D eigenvalue weighted by molar-refractivity contribution is -0.219. The van der Waals surface area contributed by atoms with Gasteiger partial charge in [-0.1, -0.05) is 30.3 Å². The molecule has 0 unspecified atom stereocenters. The number of esters is 3. The predicted molar refractivity (Wildman–Crippen MR) is 102 cm³/mol. The first-order valence-electron chi connectivity index (χ1n) is 9.69. The Labute approximate surface area is 170 Å². The van der Waals surface area contributed by atoms with Crippen LogP contribution >= 0.6 is 0 Å². The molecule has 0 saturated carbocycles. The van der Waals surface area contributed by atoms with Gasteiger partial charge in [-0.15, -0.1) is 0 Å². The van der Waals surface area contributed by atoms with Crippen LogP contribution in [0.4, 0.5) is 0 Å². The number of cyclic esters (lactones) is 1. The van der Waals surface area contributed by atoms with Gasteiger partial charge in [0.05, 0.1) is 12.5 Å². The summed E-state index contributed by atoms with van der Waals surface area (Å²) in [6, 6.07) is 8.85. The van der Waals surface area contributed by atoms with E-state index in [0.717, 1.165) is 0 Å². The van der Waals surface area contributed by atoms with Gasteiger partial charge in [0.1, 0.15) is 6.10 Å². The Morgan fingerprint density at radius 3 is 2.07 bits per heavy atom. The molecule has 5 atom stereocenters. The van der Waals surface area contributed by atoms with Crippen molar-refractivity contribution in [2.75, 3.05) is 13.2 Å². The molecule has 0 amide bonds. The second-order valence-corrected chi connectivity index (χ2v) is 6.59. The van der Waals surface area contributed by atoms with Crippen molar-refractivity contribution in [1.82, 2.24) is 0 Å². The highest BCUT2D eigenvalue weighted by molar-refractivity contribution is 5.71. The number of carbonyl (C=O) groups is 3. The molecule has 0 N–H and O–H groups in total. The quantitative estimate of drug-likeness (QED) is 0.501. The Bertz CT molecular complexity index is 689. The van der Waals surface area contributed by atoms with Crippen LogP contribution in [0, 0.1) is 0 Å². The maximum Gasteiger partial charge on any atom is 0.309 e. The number of carbonyl (C=O) groups excluding carboxylic acids is 3. The SMILES string of the molecule is CCO[C@H]1[C@@H](OC(C)=O)[C@H](OC(C)=O)[C@@H](c2ccccc2)OC(=O)C[C@H]1OCC. The standard InChI is InChI=1S/C21H28O8/c1-5-25-16-12-17(24)29-18(15-10-8-7-9-11-15)20(27-13(3)22)21(28-14(4)23)19(16)26-6-2/h7-11,16,18-21H,5-6,12H2,1-4H3/t16-,18-,19-,20-,21-/m1/s1. The summed E-state index contributed by atoms with van der Waals surface area (Å²) in [5.74, 6) is -1.71. The van der Waals surface area contributed by atoms with Crippen LogP contribution in [0.3, 0.4) is 0 Å². The van der Waals surface area contributed by atoms with Gasteiger partial charge in [-0.05, 0) is 19.4 Å². The largest absolute Gasteiger partial charge is 0.456 e. The van der Waals surface area contributed by atoms with Crippen LogP contribution in [0.15, 0.2) is 30.3 Å². The van der Waals surface area contributed by atoms with Crippen molar-refractivity contribution in [1.29, 1.82) is 0 Å². The molecule has 0 aliphatic carbocycles. The normalized spacial score (nSPS) is 27.3. The molecule has 1 aliphatic heterocycles. The second kappa shape index (κ2) is 10.9. The van der Waals surface area contributed by atoms with Crippen molar-refractivity contribution >= 4 is 17.9 Å². The molecule has 8 heteroatoms. The summed E-state index contributed by atoms with van der Waals surface area (Å²) in [6.45, 7) is 6.65. The highest BCUT2D eigenvalue weighted by Gasteiger charge is 2.48. The zero-order valence-corrected chi connectivity index (χ0v) is 17.2. The van der Waals surface area contributed by atoms with E-state index in [1.54, 1.807) is 38.1 Å². The summed E-state index contributed by atoms with van der Waals surface area (Å²) in [4.78, 5) is 36.4. The lowest BCUT2D eigenvalue weighted by Crippen LogP contribution is -2.55. The maximum absolute atomic E-state index is 12.6. The number of ether oxygens (including phenoxy) is 5. The van der Waals surface area contributed by atoms with Crippen LogP contribution in [0.5, 0.6) is 0 Å². The number of hydrogen-bond acceptors (Lipinski definition) is 8. The van der Waals surface area contributed by atoms with Crippen LogP contribution in [0.2, 0.25) is 0 Å². The molecule has 0 radical (unpaired) electrons. The van der Waals surface area contributed by atoms with Gasteiger partial charge in [0.15, 0.2) is 18.3 Å². The molecule has 0 spiro atoms. The summed E-state index contributed by atoms with van der Waals surface area (Å²) in [6.07, 6.45) is -4.76. The first-order chi connectivity index (χ1) is 13.9. The fraction of sp³-hybridized carbons (Fsp3) is 0.571. The first kappa shape index (κ1) is 22.8.